The number of nitrogens with zero attached hydrogens (tertiary/aromatic N) is 2. The van der Waals surface area contributed by atoms with Crippen LogP contribution in [0, 0.1) is 27.2 Å². The predicted octanol–water partition coefficient (Wildman–Crippen LogP) is 4.17. The summed E-state index contributed by atoms with van der Waals surface area (Å²) in [5.41, 5.74) is -1.19. The lowest BCUT2D eigenvalue weighted by Gasteiger charge is -2.07. The molecule has 2 N–H and O–H groups in total. The highest BCUT2D eigenvalue weighted by Crippen LogP contribution is 2.35. The molecule has 0 saturated carbocycles. The number of nitro groups is 2. The Morgan fingerprint density at radius 3 is 2.11 bits per heavy atom. The van der Waals surface area contributed by atoms with Gasteiger partial charge in [0.15, 0.2) is 0 Å². The molecule has 0 saturated heterocycles. The second-order valence-electron chi connectivity index (χ2n) is 7.14. The molecule has 1 aromatic heterocycles. The SMILES string of the molecule is COC(=O)c1c(NC(=O)c2cc([N+](=O)[O-])cc([N+](=O)[O-])c2)sc(C(=O)Nc2cccc(OC)c2)c1C. The normalized spacial score (nSPS) is 10.3. The molecule has 14 heteroatoms. The van der Waals surface area contributed by atoms with E-state index in [0.717, 1.165) is 30.6 Å². The van der Waals surface area contributed by atoms with Crippen LogP contribution in [0.25, 0.3) is 0 Å². The summed E-state index contributed by atoms with van der Waals surface area (Å²) in [6.07, 6.45) is 0. The van der Waals surface area contributed by atoms with E-state index < -0.39 is 39.0 Å². The highest BCUT2D eigenvalue weighted by Gasteiger charge is 2.28. The van der Waals surface area contributed by atoms with Crippen LogP contribution >= 0.6 is 11.3 Å². The maximum Gasteiger partial charge on any atom is 0.341 e. The van der Waals surface area contributed by atoms with E-state index in [2.05, 4.69) is 10.6 Å². The number of rotatable bonds is 8. The summed E-state index contributed by atoms with van der Waals surface area (Å²) >= 11 is 0.767. The molecule has 13 nitrogen and oxygen atoms in total. The third-order valence-corrected chi connectivity index (χ3v) is 6.09. The standard InChI is InChI=1S/C22H18N4O9S/c1-11-17(22(29)35-3)21(36-18(11)20(28)23-13-5-4-6-16(9-13)34-2)24-19(27)12-7-14(25(30)31)10-15(8-12)26(32)33/h4-10H,1-3H3,(H,23,28)(H,24,27). The quantitative estimate of drug-likeness (QED) is 0.253. The highest BCUT2D eigenvalue weighted by atomic mass is 32.1. The number of hydrogen-bond donors (Lipinski definition) is 2. The minimum Gasteiger partial charge on any atom is -0.497 e. The molecule has 1 heterocycles. The summed E-state index contributed by atoms with van der Waals surface area (Å²) < 4.78 is 9.90. The van der Waals surface area contributed by atoms with Crippen molar-refractivity contribution < 1.29 is 33.7 Å². The van der Waals surface area contributed by atoms with Crippen LogP contribution in [0.3, 0.4) is 0 Å². The fourth-order valence-electron chi connectivity index (χ4n) is 3.17. The van der Waals surface area contributed by atoms with Gasteiger partial charge in [0.05, 0.1) is 46.1 Å². The zero-order chi connectivity index (χ0) is 26.6. The molecule has 0 aliphatic carbocycles. The molecule has 0 radical (unpaired) electrons. The summed E-state index contributed by atoms with van der Waals surface area (Å²) in [5, 5.41) is 27.3. The van der Waals surface area contributed by atoms with Crippen molar-refractivity contribution in [3.8, 4) is 5.75 Å². The molecule has 0 aliphatic rings. The lowest BCUT2D eigenvalue weighted by Crippen LogP contribution is -2.15. The van der Waals surface area contributed by atoms with E-state index in [1.54, 1.807) is 24.3 Å². The average molecular weight is 514 g/mol. The van der Waals surface area contributed by atoms with Gasteiger partial charge < -0.3 is 20.1 Å². The van der Waals surface area contributed by atoms with E-state index in [9.17, 15) is 34.6 Å². The Hall–Kier alpha value is -4.85. The summed E-state index contributed by atoms with van der Waals surface area (Å²) in [6.45, 7) is 1.48. The second-order valence-corrected chi connectivity index (χ2v) is 8.17. The highest BCUT2D eigenvalue weighted by molar-refractivity contribution is 7.19. The van der Waals surface area contributed by atoms with Gasteiger partial charge in [0.25, 0.3) is 23.2 Å². The number of amides is 2. The van der Waals surface area contributed by atoms with Crippen LogP contribution in [0.1, 0.15) is 36.0 Å². The summed E-state index contributed by atoms with van der Waals surface area (Å²) in [4.78, 5) is 58.9. The predicted molar refractivity (Wildman–Crippen MR) is 129 cm³/mol. The molecular weight excluding hydrogens is 496 g/mol. The first-order valence-electron chi connectivity index (χ1n) is 9.98. The van der Waals surface area contributed by atoms with Gasteiger partial charge in [-0.15, -0.1) is 11.3 Å². The molecule has 2 amide bonds. The van der Waals surface area contributed by atoms with Crippen molar-refractivity contribution in [2.75, 3.05) is 24.9 Å². The Morgan fingerprint density at radius 2 is 1.56 bits per heavy atom. The van der Waals surface area contributed by atoms with E-state index in [0.29, 0.717) is 17.5 Å². The van der Waals surface area contributed by atoms with Crippen molar-refractivity contribution in [3.63, 3.8) is 0 Å². The van der Waals surface area contributed by atoms with Crippen molar-refractivity contribution in [2.24, 2.45) is 0 Å². The number of nitrogens with one attached hydrogen (secondary N) is 2. The molecule has 36 heavy (non-hydrogen) atoms. The number of nitro benzene ring substituents is 2. The first kappa shape index (κ1) is 25.8. The van der Waals surface area contributed by atoms with E-state index in [-0.39, 0.29) is 26.6 Å². The lowest BCUT2D eigenvalue weighted by molar-refractivity contribution is -0.394. The first-order valence-corrected chi connectivity index (χ1v) is 10.8. The van der Waals surface area contributed by atoms with Gasteiger partial charge in [-0.3, -0.25) is 29.8 Å². The fraction of sp³-hybridized carbons (Fsp3) is 0.136. The summed E-state index contributed by atoms with van der Waals surface area (Å²) in [6, 6.07) is 9.00. The average Bonchev–Trinajstić information content (AvgIpc) is 3.18. The molecule has 3 rings (SSSR count). The van der Waals surface area contributed by atoms with Crippen LogP contribution in [-0.2, 0) is 4.74 Å². The Labute approximate surface area is 206 Å². The molecule has 0 unspecified atom stereocenters. The molecule has 0 fully saturated rings. The van der Waals surface area contributed by atoms with Crippen molar-refractivity contribution in [3.05, 3.63) is 84.3 Å². The summed E-state index contributed by atoms with van der Waals surface area (Å²) in [5.74, 6) is -1.88. The Bertz CT molecular complexity index is 1370. The lowest BCUT2D eigenvalue weighted by atomic mass is 10.1. The van der Waals surface area contributed by atoms with Crippen molar-refractivity contribution in [1.82, 2.24) is 0 Å². The van der Waals surface area contributed by atoms with Gasteiger partial charge in [-0.25, -0.2) is 4.79 Å². The number of benzene rings is 2. The number of carbonyl (C=O) groups excluding carboxylic acids is 3. The number of methoxy groups -OCH3 is 2. The number of thiophene rings is 1. The molecule has 0 atom stereocenters. The van der Waals surface area contributed by atoms with Crippen molar-refractivity contribution >= 4 is 51.2 Å². The van der Waals surface area contributed by atoms with Crippen LogP contribution in [0.5, 0.6) is 5.75 Å². The number of non-ortho nitro benzene ring substituents is 2. The van der Waals surface area contributed by atoms with Gasteiger partial charge >= 0.3 is 5.97 Å². The van der Waals surface area contributed by atoms with Crippen LogP contribution < -0.4 is 15.4 Å². The van der Waals surface area contributed by atoms with E-state index >= 15 is 0 Å². The first-order chi connectivity index (χ1) is 17.0. The van der Waals surface area contributed by atoms with Crippen molar-refractivity contribution in [2.45, 2.75) is 6.92 Å². The monoisotopic (exact) mass is 514 g/mol. The van der Waals surface area contributed by atoms with Gasteiger partial charge in [0, 0.05) is 23.9 Å². The molecule has 0 bridgehead atoms. The van der Waals surface area contributed by atoms with E-state index in [1.165, 1.54) is 14.0 Å². The maximum atomic E-state index is 12.9. The molecule has 186 valence electrons. The van der Waals surface area contributed by atoms with Gasteiger partial charge in [0.2, 0.25) is 0 Å². The second kappa shape index (κ2) is 10.6. The Morgan fingerprint density at radius 1 is 0.917 bits per heavy atom. The third kappa shape index (κ3) is 5.44. The van der Waals surface area contributed by atoms with Crippen molar-refractivity contribution in [1.29, 1.82) is 0 Å². The smallest absolute Gasteiger partial charge is 0.341 e. The number of esters is 1. The fourth-order valence-corrected chi connectivity index (χ4v) is 4.25. The minimum atomic E-state index is -0.965. The zero-order valence-electron chi connectivity index (χ0n) is 19.0. The number of carbonyl (C=O) groups is 3. The van der Waals surface area contributed by atoms with Crippen LogP contribution in [0.15, 0.2) is 42.5 Å². The minimum absolute atomic E-state index is 0.0747. The van der Waals surface area contributed by atoms with E-state index in [1.807, 2.05) is 0 Å². The Kier molecular flexibility index (Phi) is 7.59. The molecule has 2 aromatic carbocycles. The van der Waals surface area contributed by atoms with Crippen LogP contribution in [0.2, 0.25) is 0 Å². The topological polar surface area (TPSA) is 180 Å². The number of ether oxygens (including phenoxy) is 2. The molecule has 3 aromatic rings. The number of hydrogen-bond acceptors (Lipinski definition) is 10. The van der Waals surface area contributed by atoms with Gasteiger partial charge in [0.1, 0.15) is 10.8 Å². The molecule has 0 aliphatic heterocycles. The Balaban J connectivity index is 1.98. The number of anilines is 2. The van der Waals surface area contributed by atoms with Gasteiger partial charge in [-0.2, -0.15) is 0 Å². The summed E-state index contributed by atoms with van der Waals surface area (Å²) in [7, 11) is 2.59. The largest absolute Gasteiger partial charge is 0.497 e. The third-order valence-electron chi connectivity index (χ3n) is 4.88. The van der Waals surface area contributed by atoms with Crippen LogP contribution in [-0.4, -0.2) is 41.8 Å². The van der Waals surface area contributed by atoms with E-state index in [4.69, 9.17) is 9.47 Å². The van der Waals surface area contributed by atoms with Gasteiger partial charge in [-0.1, -0.05) is 6.07 Å². The molecule has 0 spiro atoms. The molecular formula is C22H18N4O9S. The zero-order valence-corrected chi connectivity index (χ0v) is 19.8. The van der Waals surface area contributed by atoms with Crippen LogP contribution in [0.4, 0.5) is 22.1 Å². The van der Waals surface area contributed by atoms with Gasteiger partial charge in [-0.05, 0) is 24.6 Å². The maximum absolute atomic E-state index is 12.9.